The number of para-hydroxylation sites is 1. The van der Waals surface area contributed by atoms with Crippen molar-refractivity contribution < 1.29 is 4.79 Å². The van der Waals surface area contributed by atoms with Crippen molar-refractivity contribution in [3.8, 4) is 0 Å². The summed E-state index contributed by atoms with van der Waals surface area (Å²) in [7, 11) is 1.80. The number of amides is 1. The Bertz CT molecular complexity index is 692. The van der Waals surface area contributed by atoms with Crippen molar-refractivity contribution in [1.82, 2.24) is 4.90 Å². The van der Waals surface area contributed by atoms with Gasteiger partial charge in [-0.05, 0) is 50.0 Å². The van der Waals surface area contributed by atoms with E-state index in [0.29, 0.717) is 0 Å². The standard InChI is InChI=1S/C20H28N4O/c1-13-4-3-5-16-17(22-19(21)20(25)23(2)18(13)16)12-24-10-14-6-7-15(11-24)9-8-14/h3-5,14-15,19H,6-12,21H2,1-2H3. The lowest BCUT2D eigenvalue weighted by Crippen LogP contribution is -2.40. The average molecular weight is 340 g/mol. The van der Waals surface area contributed by atoms with Gasteiger partial charge in [-0.3, -0.25) is 14.7 Å². The summed E-state index contributed by atoms with van der Waals surface area (Å²) in [5, 5.41) is 0. The molecule has 1 amide bonds. The first kappa shape index (κ1) is 16.7. The maximum Gasteiger partial charge on any atom is 0.266 e. The van der Waals surface area contributed by atoms with Crippen molar-refractivity contribution in [2.45, 2.75) is 38.8 Å². The zero-order valence-corrected chi connectivity index (χ0v) is 15.2. The Hall–Kier alpha value is -1.72. The summed E-state index contributed by atoms with van der Waals surface area (Å²) in [5.41, 5.74) is 10.2. The lowest BCUT2D eigenvalue weighted by Gasteiger charge is -2.25. The number of aliphatic imine (C=N–C) groups is 1. The van der Waals surface area contributed by atoms with Gasteiger partial charge in [0.2, 0.25) is 0 Å². The summed E-state index contributed by atoms with van der Waals surface area (Å²) in [4.78, 5) is 21.4. The molecule has 1 saturated carbocycles. The normalized spacial score (nSPS) is 29.9. The molecule has 3 heterocycles. The Morgan fingerprint density at radius 2 is 1.80 bits per heavy atom. The van der Waals surface area contributed by atoms with Crippen LogP contribution in [0.2, 0.25) is 0 Å². The van der Waals surface area contributed by atoms with Crippen LogP contribution >= 0.6 is 0 Å². The van der Waals surface area contributed by atoms with E-state index >= 15 is 0 Å². The number of aryl methyl sites for hydroxylation is 1. The maximum atomic E-state index is 12.5. The molecule has 3 aliphatic heterocycles. The van der Waals surface area contributed by atoms with Crippen LogP contribution in [0.1, 0.15) is 36.8 Å². The predicted molar refractivity (Wildman–Crippen MR) is 101 cm³/mol. The maximum absolute atomic E-state index is 12.5. The molecule has 0 radical (unpaired) electrons. The highest BCUT2D eigenvalue weighted by Crippen LogP contribution is 2.34. The summed E-state index contributed by atoms with van der Waals surface area (Å²) in [5.74, 6) is 1.50. The second-order valence-electron chi connectivity index (χ2n) is 7.97. The number of hydrogen-bond donors (Lipinski definition) is 1. The Morgan fingerprint density at radius 3 is 2.44 bits per heavy atom. The SMILES string of the molecule is Cc1cccc2c1N(C)C(=O)C(N)N=C2CN1CC2CCC(CC2)C1. The fraction of sp³-hybridized carbons (Fsp3) is 0.600. The highest BCUT2D eigenvalue weighted by Gasteiger charge is 2.32. The highest BCUT2D eigenvalue weighted by atomic mass is 16.2. The summed E-state index contributed by atoms with van der Waals surface area (Å²) >= 11 is 0. The summed E-state index contributed by atoms with van der Waals surface area (Å²) in [6.07, 6.45) is 4.65. The lowest BCUT2D eigenvalue weighted by atomic mass is 9.84. The minimum Gasteiger partial charge on any atom is -0.312 e. The van der Waals surface area contributed by atoms with Crippen LogP contribution in [0.3, 0.4) is 0 Å². The Morgan fingerprint density at radius 1 is 1.16 bits per heavy atom. The van der Waals surface area contributed by atoms with Gasteiger partial charge in [0.15, 0.2) is 6.17 Å². The topological polar surface area (TPSA) is 61.9 Å². The number of anilines is 1. The van der Waals surface area contributed by atoms with Gasteiger partial charge in [-0.2, -0.15) is 0 Å². The van der Waals surface area contributed by atoms with Gasteiger partial charge in [0.25, 0.3) is 5.91 Å². The average Bonchev–Trinajstić information content (AvgIpc) is 2.95. The monoisotopic (exact) mass is 340 g/mol. The predicted octanol–water partition coefficient (Wildman–Crippen LogP) is 2.17. The number of likely N-dealkylation sites (N-methyl/N-ethyl adjacent to an activating group) is 1. The zero-order chi connectivity index (χ0) is 17.6. The van der Waals surface area contributed by atoms with Crippen molar-refractivity contribution in [2.24, 2.45) is 22.6 Å². The molecule has 3 fully saturated rings. The molecule has 2 N–H and O–H groups in total. The molecule has 25 heavy (non-hydrogen) atoms. The molecule has 134 valence electrons. The number of nitrogens with two attached hydrogens (primary N) is 1. The molecule has 0 aromatic heterocycles. The second kappa shape index (κ2) is 6.54. The minimum absolute atomic E-state index is 0.138. The van der Waals surface area contributed by atoms with Crippen LogP contribution in [-0.4, -0.2) is 49.4 Å². The molecule has 5 heteroatoms. The second-order valence-corrected chi connectivity index (χ2v) is 7.97. The van der Waals surface area contributed by atoms with Gasteiger partial charge < -0.3 is 10.6 Å². The number of carbonyl (C=O) groups excluding carboxylic acids is 1. The number of carbonyl (C=O) groups is 1. The summed E-state index contributed by atoms with van der Waals surface area (Å²) in [6, 6.07) is 6.17. The third-order valence-electron chi connectivity index (χ3n) is 6.14. The molecule has 1 aromatic carbocycles. The van der Waals surface area contributed by atoms with Gasteiger partial charge in [-0.25, -0.2) is 0 Å². The lowest BCUT2D eigenvalue weighted by molar-refractivity contribution is -0.119. The van der Waals surface area contributed by atoms with Crippen molar-refractivity contribution in [1.29, 1.82) is 0 Å². The van der Waals surface area contributed by atoms with Crippen molar-refractivity contribution in [3.63, 3.8) is 0 Å². The van der Waals surface area contributed by atoms with Gasteiger partial charge in [0, 0.05) is 32.2 Å². The van der Waals surface area contributed by atoms with Crippen LogP contribution in [0.15, 0.2) is 23.2 Å². The van der Waals surface area contributed by atoms with Crippen LogP contribution in [0.25, 0.3) is 0 Å². The molecule has 4 aliphatic rings. The zero-order valence-electron chi connectivity index (χ0n) is 15.2. The Labute approximate surface area is 149 Å². The van der Waals surface area contributed by atoms with E-state index in [2.05, 4.69) is 16.0 Å². The molecule has 0 spiro atoms. The van der Waals surface area contributed by atoms with Gasteiger partial charge in [-0.1, -0.05) is 18.2 Å². The van der Waals surface area contributed by atoms with Gasteiger partial charge in [-0.15, -0.1) is 0 Å². The van der Waals surface area contributed by atoms with Gasteiger partial charge >= 0.3 is 0 Å². The molecule has 1 unspecified atom stereocenters. The third-order valence-corrected chi connectivity index (χ3v) is 6.14. The summed E-state index contributed by atoms with van der Waals surface area (Å²) < 4.78 is 0. The van der Waals surface area contributed by atoms with E-state index in [0.717, 1.165) is 54.0 Å². The molecule has 2 bridgehead atoms. The van der Waals surface area contributed by atoms with Crippen molar-refractivity contribution in [2.75, 3.05) is 31.6 Å². The smallest absolute Gasteiger partial charge is 0.266 e. The number of benzodiazepines with no additional fused rings is 1. The Balaban J connectivity index is 1.68. The largest absolute Gasteiger partial charge is 0.312 e. The minimum atomic E-state index is -0.810. The van der Waals surface area contributed by atoms with Crippen molar-refractivity contribution in [3.05, 3.63) is 29.3 Å². The molecule has 5 nitrogen and oxygen atoms in total. The van der Waals surface area contributed by atoms with Crippen LogP contribution < -0.4 is 10.6 Å². The van der Waals surface area contributed by atoms with Crippen molar-refractivity contribution >= 4 is 17.3 Å². The first-order chi connectivity index (χ1) is 12.0. The first-order valence-electron chi connectivity index (χ1n) is 9.45. The van der Waals surface area contributed by atoms with Crippen LogP contribution in [-0.2, 0) is 4.79 Å². The van der Waals surface area contributed by atoms with Crippen LogP contribution in [0.4, 0.5) is 5.69 Å². The van der Waals surface area contributed by atoms with Crippen LogP contribution in [0, 0.1) is 18.8 Å². The molecular formula is C20H28N4O. The summed E-state index contributed by atoms with van der Waals surface area (Å²) in [6.45, 7) is 5.13. The number of fused-ring (bicyclic) bond motifs is 5. The number of nitrogens with zero attached hydrogens (tertiary/aromatic N) is 3. The highest BCUT2D eigenvalue weighted by molar-refractivity contribution is 6.13. The van der Waals surface area contributed by atoms with Crippen LogP contribution in [0.5, 0.6) is 0 Å². The quantitative estimate of drug-likeness (QED) is 0.897. The van der Waals surface area contributed by atoms with E-state index in [1.165, 1.54) is 25.7 Å². The van der Waals surface area contributed by atoms with E-state index in [1.807, 2.05) is 19.1 Å². The van der Waals surface area contributed by atoms with Gasteiger partial charge in [0.1, 0.15) is 0 Å². The Kier molecular flexibility index (Phi) is 4.38. The molecular weight excluding hydrogens is 312 g/mol. The molecule has 1 aromatic rings. The number of rotatable bonds is 2. The third kappa shape index (κ3) is 3.11. The molecule has 5 rings (SSSR count). The first-order valence-corrected chi connectivity index (χ1v) is 9.45. The van der Waals surface area contributed by atoms with E-state index in [9.17, 15) is 4.79 Å². The number of benzene rings is 1. The van der Waals surface area contributed by atoms with E-state index < -0.39 is 6.17 Å². The van der Waals surface area contributed by atoms with E-state index in [-0.39, 0.29) is 5.91 Å². The van der Waals surface area contributed by atoms with E-state index in [1.54, 1.807) is 11.9 Å². The molecule has 1 aliphatic carbocycles. The fourth-order valence-corrected chi connectivity index (χ4v) is 4.81. The fourth-order valence-electron chi connectivity index (χ4n) is 4.81. The number of hydrogen-bond acceptors (Lipinski definition) is 4. The van der Waals surface area contributed by atoms with Gasteiger partial charge in [0.05, 0.1) is 11.4 Å². The van der Waals surface area contributed by atoms with E-state index in [4.69, 9.17) is 5.73 Å². The molecule has 2 saturated heterocycles. The molecule has 1 atom stereocenters.